The molecule has 22 heavy (non-hydrogen) atoms. The summed E-state index contributed by atoms with van der Waals surface area (Å²) in [6, 6.07) is 7.73. The summed E-state index contributed by atoms with van der Waals surface area (Å²) in [5.41, 5.74) is 3.62. The maximum Gasteiger partial charge on any atom is 0.230 e. The summed E-state index contributed by atoms with van der Waals surface area (Å²) in [7, 11) is 0. The van der Waals surface area contributed by atoms with Gasteiger partial charge in [0.1, 0.15) is 0 Å². The van der Waals surface area contributed by atoms with Gasteiger partial charge in [-0.2, -0.15) is 0 Å². The molecule has 0 saturated heterocycles. The molecule has 3 rings (SSSR count). The number of aryl methyl sites for hydroxylation is 2. The number of rotatable bonds is 4. The maximum atomic E-state index is 12.0. The van der Waals surface area contributed by atoms with Crippen molar-refractivity contribution in [2.75, 3.05) is 5.32 Å². The minimum atomic E-state index is -0.0532. The summed E-state index contributed by atoms with van der Waals surface area (Å²) in [6.45, 7) is 3.92. The third-order valence-electron chi connectivity index (χ3n) is 3.09. The lowest BCUT2D eigenvalue weighted by Gasteiger charge is -2.05. The van der Waals surface area contributed by atoms with Crippen molar-refractivity contribution < 1.29 is 4.79 Å². The number of carbonyl (C=O) groups excluding carboxylic acids is 1. The number of thiazole rings is 2. The van der Waals surface area contributed by atoms with Crippen LogP contribution in [0.25, 0.3) is 11.3 Å². The third kappa shape index (κ3) is 3.58. The molecular formula is C16H15N3OS2. The van der Waals surface area contributed by atoms with E-state index in [0.717, 1.165) is 32.7 Å². The number of hydrogen-bond acceptors (Lipinski definition) is 5. The Labute approximate surface area is 136 Å². The fraction of sp³-hybridized carbons (Fsp3) is 0.188. The predicted molar refractivity (Wildman–Crippen MR) is 91.5 cm³/mol. The first kappa shape index (κ1) is 14.9. The lowest BCUT2D eigenvalue weighted by molar-refractivity contribution is -0.115. The van der Waals surface area contributed by atoms with E-state index in [2.05, 4.69) is 15.3 Å². The molecule has 1 amide bonds. The Bertz CT molecular complexity index is 790. The van der Waals surface area contributed by atoms with Crippen LogP contribution in [0.4, 0.5) is 5.69 Å². The first-order valence-corrected chi connectivity index (χ1v) is 8.59. The number of aromatic nitrogens is 2. The fourth-order valence-electron chi connectivity index (χ4n) is 2.08. The highest BCUT2D eigenvalue weighted by Crippen LogP contribution is 2.23. The van der Waals surface area contributed by atoms with Crippen LogP contribution in [0.5, 0.6) is 0 Å². The van der Waals surface area contributed by atoms with Gasteiger partial charge in [-0.3, -0.25) is 4.79 Å². The molecule has 1 aromatic carbocycles. The fourth-order valence-corrected chi connectivity index (χ4v) is 3.31. The second-order valence-electron chi connectivity index (χ2n) is 4.91. The SMILES string of the molecule is Cc1nc(CC(=O)Nc2ccc(-c3csc(C)n3)cc2)cs1. The van der Waals surface area contributed by atoms with Crippen LogP contribution in [0, 0.1) is 13.8 Å². The molecule has 0 bridgehead atoms. The molecule has 0 unspecified atom stereocenters. The van der Waals surface area contributed by atoms with Crippen LogP contribution in [-0.4, -0.2) is 15.9 Å². The minimum Gasteiger partial charge on any atom is -0.326 e. The number of nitrogens with zero attached hydrogens (tertiary/aromatic N) is 2. The van der Waals surface area contributed by atoms with E-state index in [0.29, 0.717) is 6.42 Å². The van der Waals surface area contributed by atoms with E-state index in [1.54, 1.807) is 22.7 Å². The van der Waals surface area contributed by atoms with Crippen LogP contribution in [0.1, 0.15) is 15.7 Å². The Morgan fingerprint density at radius 3 is 2.32 bits per heavy atom. The van der Waals surface area contributed by atoms with Crippen molar-refractivity contribution in [3.8, 4) is 11.3 Å². The summed E-state index contributed by atoms with van der Waals surface area (Å²) >= 11 is 3.19. The van der Waals surface area contributed by atoms with Gasteiger partial charge in [-0.15, -0.1) is 22.7 Å². The minimum absolute atomic E-state index is 0.0532. The van der Waals surface area contributed by atoms with Crippen molar-refractivity contribution in [2.45, 2.75) is 20.3 Å². The standard InChI is InChI=1S/C16H15N3OS2/c1-10-17-14(8-21-10)7-16(20)19-13-5-3-12(4-6-13)15-9-22-11(2)18-15/h3-6,8-9H,7H2,1-2H3,(H,19,20). The van der Waals surface area contributed by atoms with Crippen LogP contribution in [-0.2, 0) is 11.2 Å². The van der Waals surface area contributed by atoms with Crippen molar-refractivity contribution in [1.29, 1.82) is 0 Å². The number of anilines is 1. The van der Waals surface area contributed by atoms with Crippen molar-refractivity contribution in [3.05, 3.63) is 50.7 Å². The predicted octanol–water partition coefficient (Wildman–Crippen LogP) is 4.06. The highest BCUT2D eigenvalue weighted by Gasteiger charge is 2.07. The molecule has 1 N–H and O–H groups in total. The van der Waals surface area contributed by atoms with E-state index < -0.39 is 0 Å². The van der Waals surface area contributed by atoms with Gasteiger partial charge in [-0.05, 0) is 26.0 Å². The molecule has 0 aliphatic heterocycles. The number of carbonyl (C=O) groups is 1. The number of benzene rings is 1. The third-order valence-corrected chi connectivity index (χ3v) is 4.69. The lowest BCUT2D eigenvalue weighted by Crippen LogP contribution is -2.14. The second kappa shape index (κ2) is 6.37. The molecule has 0 aliphatic carbocycles. The topological polar surface area (TPSA) is 54.9 Å². The molecule has 4 nitrogen and oxygen atoms in total. The van der Waals surface area contributed by atoms with Crippen molar-refractivity contribution in [1.82, 2.24) is 9.97 Å². The Morgan fingerprint density at radius 2 is 1.73 bits per heavy atom. The summed E-state index contributed by atoms with van der Waals surface area (Å²) < 4.78 is 0. The maximum absolute atomic E-state index is 12.0. The molecule has 0 spiro atoms. The molecule has 2 heterocycles. The molecular weight excluding hydrogens is 314 g/mol. The average molecular weight is 329 g/mol. The van der Waals surface area contributed by atoms with Crippen molar-refractivity contribution in [3.63, 3.8) is 0 Å². The quantitative estimate of drug-likeness (QED) is 0.785. The number of amides is 1. The van der Waals surface area contributed by atoms with Crippen LogP contribution in [0.2, 0.25) is 0 Å². The highest BCUT2D eigenvalue weighted by atomic mass is 32.1. The zero-order chi connectivity index (χ0) is 15.5. The van der Waals surface area contributed by atoms with E-state index in [1.165, 1.54) is 0 Å². The first-order valence-electron chi connectivity index (χ1n) is 6.83. The second-order valence-corrected chi connectivity index (χ2v) is 7.04. The van der Waals surface area contributed by atoms with Crippen LogP contribution < -0.4 is 5.32 Å². The lowest BCUT2D eigenvalue weighted by atomic mass is 10.1. The molecule has 2 aromatic heterocycles. The van der Waals surface area contributed by atoms with E-state index in [-0.39, 0.29) is 5.91 Å². The van der Waals surface area contributed by atoms with E-state index in [4.69, 9.17) is 0 Å². The molecule has 112 valence electrons. The van der Waals surface area contributed by atoms with Gasteiger partial charge in [-0.1, -0.05) is 12.1 Å². The Kier molecular flexibility index (Phi) is 4.31. The Balaban J connectivity index is 1.64. The van der Waals surface area contributed by atoms with Gasteiger partial charge in [-0.25, -0.2) is 9.97 Å². The van der Waals surface area contributed by atoms with Crippen LogP contribution in [0.15, 0.2) is 35.0 Å². The summed E-state index contributed by atoms with van der Waals surface area (Å²) in [5.74, 6) is -0.0532. The number of hydrogen-bond donors (Lipinski definition) is 1. The van der Waals surface area contributed by atoms with Gasteiger partial charge in [0.2, 0.25) is 5.91 Å². The number of nitrogens with one attached hydrogen (secondary N) is 1. The Hall–Kier alpha value is -2.05. The first-order chi connectivity index (χ1) is 10.6. The molecule has 6 heteroatoms. The largest absolute Gasteiger partial charge is 0.326 e. The highest BCUT2D eigenvalue weighted by molar-refractivity contribution is 7.10. The van der Waals surface area contributed by atoms with Crippen LogP contribution in [0.3, 0.4) is 0 Å². The van der Waals surface area contributed by atoms with Gasteiger partial charge in [0.05, 0.1) is 27.8 Å². The van der Waals surface area contributed by atoms with E-state index in [1.807, 2.05) is 48.9 Å². The normalized spacial score (nSPS) is 10.6. The Morgan fingerprint density at radius 1 is 1.05 bits per heavy atom. The molecule has 0 fully saturated rings. The monoisotopic (exact) mass is 329 g/mol. The van der Waals surface area contributed by atoms with Gasteiger partial charge in [0.25, 0.3) is 0 Å². The smallest absolute Gasteiger partial charge is 0.230 e. The molecule has 0 atom stereocenters. The summed E-state index contributed by atoms with van der Waals surface area (Å²) in [5, 5.41) is 8.87. The average Bonchev–Trinajstić information content (AvgIpc) is 3.08. The zero-order valence-electron chi connectivity index (χ0n) is 12.3. The summed E-state index contributed by atoms with van der Waals surface area (Å²) in [4.78, 5) is 20.7. The van der Waals surface area contributed by atoms with Gasteiger partial charge < -0.3 is 5.32 Å². The van der Waals surface area contributed by atoms with Gasteiger partial charge in [0, 0.05) is 22.0 Å². The molecule has 0 saturated carbocycles. The molecule has 0 aliphatic rings. The van der Waals surface area contributed by atoms with Crippen molar-refractivity contribution in [2.24, 2.45) is 0 Å². The van der Waals surface area contributed by atoms with Crippen LogP contribution >= 0.6 is 22.7 Å². The van der Waals surface area contributed by atoms with Gasteiger partial charge >= 0.3 is 0 Å². The molecule has 0 radical (unpaired) electrons. The van der Waals surface area contributed by atoms with Gasteiger partial charge in [0.15, 0.2) is 0 Å². The zero-order valence-corrected chi connectivity index (χ0v) is 13.9. The molecule has 3 aromatic rings. The van der Waals surface area contributed by atoms with Crippen molar-refractivity contribution >= 4 is 34.3 Å². The summed E-state index contributed by atoms with van der Waals surface area (Å²) in [6.07, 6.45) is 0.303. The van der Waals surface area contributed by atoms with E-state index in [9.17, 15) is 4.79 Å². The van der Waals surface area contributed by atoms with E-state index >= 15 is 0 Å².